The molecule has 5 heteroatoms. The summed E-state index contributed by atoms with van der Waals surface area (Å²) in [5.74, 6) is 1.16. The molecule has 1 rings (SSSR count). The Morgan fingerprint density at radius 1 is 1.05 bits per heavy atom. The van der Waals surface area contributed by atoms with E-state index in [1.54, 1.807) is 0 Å². The number of nitrogens with one attached hydrogen (secondary N) is 1. The van der Waals surface area contributed by atoms with Crippen LogP contribution in [-0.2, 0) is 0 Å². The minimum Gasteiger partial charge on any atom is -0.476 e. The molecule has 114 valence electrons. The van der Waals surface area contributed by atoms with Crippen molar-refractivity contribution in [2.24, 2.45) is 0 Å². The molecule has 0 radical (unpaired) electrons. The monoisotopic (exact) mass is 280 g/mol. The van der Waals surface area contributed by atoms with E-state index in [4.69, 9.17) is 10.5 Å². The van der Waals surface area contributed by atoms with Crippen molar-refractivity contribution in [1.82, 2.24) is 9.97 Å². The third kappa shape index (κ3) is 6.08. The normalized spacial score (nSPS) is 10.5. The molecule has 0 spiro atoms. The Bertz CT molecular complexity index is 371. The fourth-order valence-corrected chi connectivity index (χ4v) is 1.95. The Labute approximate surface area is 122 Å². The van der Waals surface area contributed by atoms with E-state index in [0.29, 0.717) is 24.0 Å². The van der Waals surface area contributed by atoms with Crippen molar-refractivity contribution in [1.29, 1.82) is 0 Å². The average molecular weight is 280 g/mol. The zero-order chi connectivity index (χ0) is 14.6. The molecule has 0 aliphatic heterocycles. The number of hydrogen-bond donors (Lipinski definition) is 2. The van der Waals surface area contributed by atoms with Gasteiger partial charge in [-0.05, 0) is 12.8 Å². The Morgan fingerprint density at radius 3 is 2.55 bits per heavy atom. The van der Waals surface area contributed by atoms with Gasteiger partial charge in [-0.15, -0.1) is 0 Å². The lowest BCUT2D eigenvalue weighted by Crippen LogP contribution is -2.09. The zero-order valence-electron chi connectivity index (χ0n) is 12.8. The summed E-state index contributed by atoms with van der Waals surface area (Å²) in [5.41, 5.74) is 6.50. The van der Waals surface area contributed by atoms with E-state index in [0.717, 1.165) is 19.4 Å². The molecule has 1 aromatic heterocycles. The quantitative estimate of drug-likeness (QED) is 0.606. The highest BCUT2D eigenvalue weighted by molar-refractivity contribution is 5.66. The van der Waals surface area contributed by atoms with Gasteiger partial charge in [-0.1, -0.05) is 46.0 Å². The summed E-state index contributed by atoms with van der Waals surface area (Å²) >= 11 is 0. The van der Waals surface area contributed by atoms with Gasteiger partial charge in [-0.2, -0.15) is 4.98 Å². The molecule has 0 aromatic carbocycles. The maximum absolute atomic E-state index is 5.99. The van der Waals surface area contributed by atoms with Crippen LogP contribution in [0.25, 0.3) is 0 Å². The number of nitrogens with zero attached hydrogens (tertiary/aromatic N) is 2. The van der Waals surface area contributed by atoms with Crippen LogP contribution in [0.5, 0.6) is 5.88 Å². The molecule has 3 N–H and O–H groups in total. The second kappa shape index (κ2) is 10.3. The molecule has 20 heavy (non-hydrogen) atoms. The van der Waals surface area contributed by atoms with Gasteiger partial charge in [-0.3, -0.25) is 0 Å². The highest BCUT2D eigenvalue weighted by Crippen LogP contribution is 2.24. The maximum Gasteiger partial charge on any atom is 0.242 e. The second-order valence-corrected chi connectivity index (χ2v) is 4.98. The summed E-state index contributed by atoms with van der Waals surface area (Å²) in [4.78, 5) is 8.22. The number of unbranched alkanes of at least 4 members (excludes halogenated alkanes) is 5. The van der Waals surface area contributed by atoms with Gasteiger partial charge in [0, 0.05) is 6.54 Å². The van der Waals surface area contributed by atoms with Gasteiger partial charge in [-0.25, -0.2) is 4.98 Å². The Balaban J connectivity index is 2.29. The van der Waals surface area contributed by atoms with Crippen LogP contribution in [0.1, 0.15) is 58.8 Å². The Hall–Kier alpha value is -1.52. The molecule has 0 aliphatic rings. The number of nitrogens with two attached hydrogens (primary N) is 1. The lowest BCUT2D eigenvalue weighted by molar-refractivity contribution is 0.306. The molecule has 0 atom stereocenters. The minimum absolute atomic E-state index is 0.479. The van der Waals surface area contributed by atoms with Crippen LogP contribution in [0.3, 0.4) is 0 Å². The van der Waals surface area contributed by atoms with Crippen molar-refractivity contribution in [3.63, 3.8) is 0 Å². The van der Waals surface area contributed by atoms with E-state index < -0.39 is 0 Å². The third-order valence-electron chi connectivity index (χ3n) is 3.11. The van der Waals surface area contributed by atoms with Crippen LogP contribution in [-0.4, -0.2) is 23.1 Å². The summed E-state index contributed by atoms with van der Waals surface area (Å²) in [5, 5.41) is 3.26. The first-order valence-corrected chi connectivity index (χ1v) is 7.76. The van der Waals surface area contributed by atoms with Crippen LogP contribution in [0.15, 0.2) is 6.33 Å². The number of aromatic nitrogens is 2. The molecule has 0 bridgehead atoms. The van der Waals surface area contributed by atoms with Gasteiger partial charge in [0.25, 0.3) is 0 Å². The number of hydrogen-bond acceptors (Lipinski definition) is 5. The number of ether oxygens (including phenoxy) is 1. The van der Waals surface area contributed by atoms with E-state index in [1.165, 1.54) is 38.4 Å². The van der Waals surface area contributed by atoms with Crippen molar-refractivity contribution in [2.45, 2.75) is 58.8 Å². The van der Waals surface area contributed by atoms with Crippen molar-refractivity contribution in [3.8, 4) is 5.88 Å². The van der Waals surface area contributed by atoms with E-state index in [9.17, 15) is 0 Å². The van der Waals surface area contributed by atoms with Gasteiger partial charge < -0.3 is 15.8 Å². The number of nitrogen functional groups attached to an aromatic ring is 1. The van der Waals surface area contributed by atoms with E-state index >= 15 is 0 Å². The molecule has 0 aliphatic carbocycles. The van der Waals surface area contributed by atoms with E-state index in [-0.39, 0.29) is 0 Å². The standard InChI is InChI=1S/C15H28N4O/c1-3-5-6-7-8-9-10-17-14-13(16)15(19-12-18-14)20-11-4-2/h12H,3-11,16H2,1-2H3,(H,17,18,19). The van der Waals surface area contributed by atoms with E-state index in [1.807, 2.05) is 0 Å². The van der Waals surface area contributed by atoms with Gasteiger partial charge in [0.1, 0.15) is 12.0 Å². The first-order valence-electron chi connectivity index (χ1n) is 7.76. The highest BCUT2D eigenvalue weighted by atomic mass is 16.5. The van der Waals surface area contributed by atoms with Crippen LogP contribution in [0.4, 0.5) is 11.5 Å². The summed E-state index contributed by atoms with van der Waals surface area (Å²) in [6.45, 7) is 5.80. The van der Waals surface area contributed by atoms with Gasteiger partial charge in [0.15, 0.2) is 5.82 Å². The third-order valence-corrected chi connectivity index (χ3v) is 3.11. The zero-order valence-corrected chi connectivity index (χ0v) is 12.8. The molecule has 0 saturated carbocycles. The fraction of sp³-hybridized carbons (Fsp3) is 0.733. The Morgan fingerprint density at radius 2 is 1.80 bits per heavy atom. The number of rotatable bonds is 11. The Kier molecular flexibility index (Phi) is 8.51. The lowest BCUT2D eigenvalue weighted by atomic mass is 10.1. The predicted molar refractivity (Wildman–Crippen MR) is 84.1 cm³/mol. The van der Waals surface area contributed by atoms with Gasteiger partial charge in [0.2, 0.25) is 5.88 Å². The molecule has 0 saturated heterocycles. The van der Waals surface area contributed by atoms with Crippen LogP contribution < -0.4 is 15.8 Å². The SMILES string of the molecule is CCCCCCCCNc1ncnc(OCCC)c1N. The first kappa shape index (κ1) is 16.5. The average Bonchev–Trinajstić information content (AvgIpc) is 2.46. The van der Waals surface area contributed by atoms with Crippen molar-refractivity contribution >= 4 is 11.5 Å². The smallest absolute Gasteiger partial charge is 0.242 e. The summed E-state index contributed by atoms with van der Waals surface area (Å²) in [6.07, 6.45) is 10.1. The molecular formula is C15H28N4O. The van der Waals surface area contributed by atoms with Crippen molar-refractivity contribution in [2.75, 3.05) is 24.2 Å². The highest BCUT2D eigenvalue weighted by Gasteiger charge is 2.08. The van der Waals surface area contributed by atoms with Crippen LogP contribution >= 0.6 is 0 Å². The molecular weight excluding hydrogens is 252 g/mol. The van der Waals surface area contributed by atoms with Crippen molar-refractivity contribution in [3.05, 3.63) is 6.33 Å². The summed E-state index contributed by atoms with van der Waals surface area (Å²) < 4.78 is 5.48. The predicted octanol–water partition coefficient (Wildman–Crippen LogP) is 3.62. The topological polar surface area (TPSA) is 73.1 Å². The summed E-state index contributed by atoms with van der Waals surface area (Å²) in [7, 11) is 0. The van der Waals surface area contributed by atoms with Gasteiger partial charge in [0.05, 0.1) is 6.61 Å². The molecule has 0 unspecified atom stereocenters. The van der Waals surface area contributed by atoms with Crippen LogP contribution in [0.2, 0.25) is 0 Å². The summed E-state index contributed by atoms with van der Waals surface area (Å²) in [6, 6.07) is 0. The maximum atomic E-state index is 5.99. The fourth-order valence-electron chi connectivity index (χ4n) is 1.95. The molecule has 5 nitrogen and oxygen atoms in total. The first-order chi connectivity index (χ1) is 9.79. The molecule has 1 heterocycles. The minimum atomic E-state index is 0.479. The van der Waals surface area contributed by atoms with Crippen LogP contribution in [0, 0.1) is 0 Å². The molecule has 0 amide bonds. The largest absolute Gasteiger partial charge is 0.476 e. The van der Waals surface area contributed by atoms with Crippen molar-refractivity contribution < 1.29 is 4.74 Å². The number of anilines is 2. The van der Waals surface area contributed by atoms with Gasteiger partial charge >= 0.3 is 0 Å². The lowest BCUT2D eigenvalue weighted by Gasteiger charge is -2.11. The molecule has 0 fully saturated rings. The second-order valence-electron chi connectivity index (χ2n) is 4.98. The molecule has 1 aromatic rings. The van der Waals surface area contributed by atoms with E-state index in [2.05, 4.69) is 29.1 Å².